The van der Waals surface area contributed by atoms with Crippen LogP contribution >= 0.6 is 0 Å². The molecule has 0 aliphatic heterocycles. The van der Waals surface area contributed by atoms with Crippen LogP contribution in [0.2, 0.25) is 13.1 Å². The number of rotatable bonds is 5. The first-order chi connectivity index (χ1) is 9.93. The first kappa shape index (κ1) is 16.2. The predicted octanol–water partition coefficient (Wildman–Crippen LogP) is 4.48. The fourth-order valence-corrected chi connectivity index (χ4v) is 6.80. The first-order valence-corrected chi connectivity index (χ1v) is 11.1. The van der Waals surface area contributed by atoms with Crippen molar-refractivity contribution < 1.29 is 4.79 Å². The molecule has 21 heavy (non-hydrogen) atoms. The lowest BCUT2D eigenvalue weighted by atomic mass is 9.70. The van der Waals surface area contributed by atoms with Crippen molar-refractivity contribution in [3.8, 4) is 0 Å². The van der Waals surface area contributed by atoms with Crippen molar-refractivity contribution in [3.63, 3.8) is 0 Å². The summed E-state index contributed by atoms with van der Waals surface area (Å²) in [7, 11) is -1.85. The predicted molar refractivity (Wildman–Crippen MR) is 93.4 cm³/mol. The van der Waals surface area contributed by atoms with Crippen LogP contribution in [-0.4, -0.2) is 14.4 Å². The average Bonchev–Trinajstić information content (AvgIpc) is 2.55. The normalized spacial score (nSPS) is 19.8. The fraction of sp³-hybridized carbons (Fsp3) is 0.526. The molecule has 0 saturated heterocycles. The standard InChI is InChI=1S/C19H28OSi/c1-16(21(3,4)18-13-9-6-10-14-18)19(2,15-20)17-11-7-5-8-12-17/h6,9-10,13-15,17H,1,5,7-8,11-12H2,2-4H3. The van der Waals surface area contributed by atoms with Crippen LogP contribution < -0.4 is 5.19 Å². The lowest BCUT2D eigenvalue weighted by Gasteiger charge is -2.42. The van der Waals surface area contributed by atoms with Crippen molar-refractivity contribution in [2.45, 2.75) is 52.1 Å². The second-order valence-corrected chi connectivity index (χ2v) is 11.6. The van der Waals surface area contributed by atoms with Gasteiger partial charge in [0.05, 0.1) is 0 Å². The Labute approximate surface area is 130 Å². The molecule has 1 aliphatic carbocycles. The molecule has 114 valence electrons. The number of hydrogen-bond donors (Lipinski definition) is 0. The lowest BCUT2D eigenvalue weighted by molar-refractivity contribution is -0.116. The molecular weight excluding hydrogens is 272 g/mol. The Bertz CT molecular complexity index is 500. The van der Waals surface area contributed by atoms with E-state index in [1.54, 1.807) is 0 Å². The Balaban J connectivity index is 2.32. The number of allylic oxidation sites excluding steroid dienone is 1. The number of hydrogen-bond acceptors (Lipinski definition) is 1. The second kappa shape index (κ2) is 6.31. The Morgan fingerprint density at radius 2 is 1.76 bits per heavy atom. The molecule has 0 bridgehead atoms. The van der Waals surface area contributed by atoms with Gasteiger partial charge in [0.1, 0.15) is 14.4 Å². The van der Waals surface area contributed by atoms with E-state index in [4.69, 9.17) is 0 Å². The quantitative estimate of drug-likeness (QED) is 0.578. The zero-order valence-electron chi connectivity index (χ0n) is 13.7. The summed E-state index contributed by atoms with van der Waals surface area (Å²) in [5.41, 5.74) is -0.355. The minimum absolute atomic E-state index is 0.355. The first-order valence-electron chi connectivity index (χ1n) is 8.14. The molecule has 1 unspecified atom stereocenters. The van der Waals surface area contributed by atoms with Crippen molar-refractivity contribution in [2.75, 3.05) is 0 Å². The van der Waals surface area contributed by atoms with E-state index in [9.17, 15) is 4.79 Å². The van der Waals surface area contributed by atoms with E-state index in [0.29, 0.717) is 5.92 Å². The van der Waals surface area contributed by atoms with Crippen molar-refractivity contribution in [1.82, 2.24) is 0 Å². The maximum atomic E-state index is 12.0. The monoisotopic (exact) mass is 300 g/mol. The Hall–Kier alpha value is -1.15. The van der Waals surface area contributed by atoms with Crippen LogP contribution in [0.1, 0.15) is 39.0 Å². The lowest BCUT2D eigenvalue weighted by Crippen LogP contribution is -2.51. The molecule has 1 saturated carbocycles. The Morgan fingerprint density at radius 3 is 2.29 bits per heavy atom. The molecule has 1 aliphatic rings. The van der Waals surface area contributed by atoms with Gasteiger partial charge in [0, 0.05) is 5.41 Å². The Kier molecular flexibility index (Phi) is 4.87. The van der Waals surface area contributed by atoms with Gasteiger partial charge < -0.3 is 4.79 Å². The van der Waals surface area contributed by atoms with E-state index < -0.39 is 8.07 Å². The van der Waals surface area contributed by atoms with Crippen LogP contribution in [0.15, 0.2) is 42.1 Å². The van der Waals surface area contributed by atoms with Crippen molar-refractivity contribution in [3.05, 3.63) is 42.1 Å². The van der Waals surface area contributed by atoms with Crippen LogP contribution in [-0.2, 0) is 4.79 Å². The van der Waals surface area contributed by atoms with Crippen LogP contribution in [0.3, 0.4) is 0 Å². The number of carbonyl (C=O) groups is 1. The van der Waals surface area contributed by atoms with Crippen LogP contribution in [0.5, 0.6) is 0 Å². The van der Waals surface area contributed by atoms with Gasteiger partial charge in [0.2, 0.25) is 0 Å². The summed E-state index contributed by atoms with van der Waals surface area (Å²) in [5, 5.41) is 2.57. The number of carbonyl (C=O) groups excluding carboxylic acids is 1. The zero-order valence-corrected chi connectivity index (χ0v) is 14.7. The molecule has 1 atom stereocenters. The molecular formula is C19H28OSi. The van der Waals surface area contributed by atoms with E-state index in [0.717, 1.165) is 0 Å². The maximum absolute atomic E-state index is 12.0. The highest BCUT2D eigenvalue weighted by Crippen LogP contribution is 2.44. The largest absolute Gasteiger partial charge is 0.302 e. The molecule has 0 amide bonds. The molecule has 0 N–H and O–H groups in total. The summed E-state index contributed by atoms with van der Waals surface area (Å²) in [6.45, 7) is 11.2. The van der Waals surface area contributed by atoms with Gasteiger partial charge in [-0.1, -0.05) is 73.1 Å². The topological polar surface area (TPSA) is 17.1 Å². The molecule has 2 heteroatoms. The molecule has 0 aromatic heterocycles. The summed E-state index contributed by atoms with van der Waals surface area (Å²) in [6, 6.07) is 10.6. The van der Waals surface area contributed by atoms with E-state index in [2.05, 4.69) is 56.9 Å². The van der Waals surface area contributed by atoms with Crippen LogP contribution in [0.25, 0.3) is 0 Å². The minimum atomic E-state index is -1.85. The molecule has 1 aromatic rings. The third-order valence-corrected chi connectivity index (χ3v) is 9.42. The molecule has 2 rings (SSSR count). The van der Waals surface area contributed by atoms with Gasteiger partial charge in [-0.2, -0.15) is 0 Å². The van der Waals surface area contributed by atoms with Gasteiger partial charge in [0.25, 0.3) is 0 Å². The molecule has 0 heterocycles. The highest BCUT2D eigenvalue weighted by atomic mass is 28.3. The van der Waals surface area contributed by atoms with Crippen molar-refractivity contribution >= 4 is 19.5 Å². The highest BCUT2D eigenvalue weighted by molar-refractivity contribution is 6.96. The average molecular weight is 301 g/mol. The highest BCUT2D eigenvalue weighted by Gasteiger charge is 2.44. The van der Waals surface area contributed by atoms with Gasteiger partial charge in [-0.25, -0.2) is 0 Å². The van der Waals surface area contributed by atoms with E-state index in [1.165, 1.54) is 48.8 Å². The molecule has 0 spiro atoms. The van der Waals surface area contributed by atoms with Crippen LogP contribution in [0.4, 0.5) is 0 Å². The zero-order chi connectivity index (χ0) is 15.5. The molecule has 1 aromatic carbocycles. The third kappa shape index (κ3) is 3.05. The van der Waals surface area contributed by atoms with Crippen molar-refractivity contribution in [2.24, 2.45) is 11.3 Å². The summed E-state index contributed by atoms with van der Waals surface area (Å²) >= 11 is 0. The van der Waals surface area contributed by atoms with Crippen molar-refractivity contribution in [1.29, 1.82) is 0 Å². The third-order valence-electron chi connectivity index (χ3n) is 5.60. The van der Waals surface area contributed by atoms with Gasteiger partial charge in [-0.05, 0) is 25.7 Å². The van der Waals surface area contributed by atoms with E-state index >= 15 is 0 Å². The molecule has 1 nitrogen and oxygen atoms in total. The smallest absolute Gasteiger partial charge is 0.129 e. The SMILES string of the molecule is C=C(C(C)(C=O)C1CCCCC1)[Si](C)(C)c1ccccc1. The molecule has 0 radical (unpaired) electrons. The maximum Gasteiger partial charge on any atom is 0.129 e. The van der Waals surface area contributed by atoms with Gasteiger partial charge >= 0.3 is 0 Å². The Morgan fingerprint density at radius 1 is 1.19 bits per heavy atom. The van der Waals surface area contributed by atoms with Gasteiger partial charge in [-0.15, -0.1) is 6.58 Å². The summed E-state index contributed by atoms with van der Waals surface area (Å²) < 4.78 is 0. The summed E-state index contributed by atoms with van der Waals surface area (Å²) in [6.07, 6.45) is 7.38. The van der Waals surface area contributed by atoms with Crippen LogP contribution in [0, 0.1) is 11.3 Å². The number of benzene rings is 1. The van der Waals surface area contributed by atoms with E-state index in [-0.39, 0.29) is 5.41 Å². The number of aldehydes is 1. The van der Waals surface area contributed by atoms with Gasteiger partial charge in [0.15, 0.2) is 0 Å². The van der Waals surface area contributed by atoms with Gasteiger partial charge in [-0.3, -0.25) is 0 Å². The summed E-state index contributed by atoms with van der Waals surface area (Å²) in [5.74, 6) is 0.478. The second-order valence-electron chi connectivity index (χ2n) is 7.21. The van der Waals surface area contributed by atoms with E-state index in [1.807, 2.05) is 0 Å². The minimum Gasteiger partial charge on any atom is -0.302 e. The summed E-state index contributed by atoms with van der Waals surface area (Å²) in [4.78, 5) is 12.0. The fourth-order valence-electron chi connectivity index (χ4n) is 3.82. The molecule has 1 fully saturated rings.